The lowest BCUT2D eigenvalue weighted by atomic mass is 9.88. The lowest BCUT2D eigenvalue weighted by molar-refractivity contribution is -0.00908. The van der Waals surface area contributed by atoms with Crippen LogP contribution in [0.25, 0.3) is 11.3 Å². The van der Waals surface area contributed by atoms with Crippen molar-refractivity contribution in [2.45, 2.75) is 44.0 Å². The molecule has 174 valence electrons. The van der Waals surface area contributed by atoms with Crippen molar-refractivity contribution in [3.8, 4) is 22.8 Å². The smallest absolute Gasteiger partial charge is 0.253 e. The summed E-state index contributed by atoms with van der Waals surface area (Å²) in [5, 5.41) is 3.00. The molecule has 34 heavy (non-hydrogen) atoms. The normalized spacial score (nSPS) is 26.4. The molecule has 4 aliphatic rings. The number of nitrogens with zero attached hydrogens (tertiary/aromatic N) is 2. The summed E-state index contributed by atoms with van der Waals surface area (Å²) in [5.41, 5.74) is 3.36. The van der Waals surface area contributed by atoms with Gasteiger partial charge in [-0.25, -0.2) is 0 Å². The number of nitrogens with one attached hydrogen (secondary N) is 1. The fraction of sp³-hybridized carbons (Fsp3) is 0.357. The van der Waals surface area contributed by atoms with Crippen molar-refractivity contribution in [2.75, 3.05) is 13.7 Å². The second-order valence-electron chi connectivity index (χ2n) is 9.62. The number of carbonyl (C=O) groups is 1. The second-order valence-corrected chi connectivity index (χ2v) is 9.62. The van der Waals surface area contributed by atoms with Crippen LogP contribution in [-0.4, -0.2) is 47.6 Å². The first-order valence-electron chi connectivity index (χ1n) is 12.1. The monoisotopic (exact) mass is 455 g/mol. The average molecular weight is 456 g/mol. The number of aromatic nitrogens is 1. The molecule has 0 aliphatic carbocycles. The van der Waals surface area contributed by atoms with Crippen LogP contribution in [0.1, 0.15) is 35.2 Å². The number of ether oxygens (including phenoxy) is 2. The molecule has 4 bridgehead atoms. The first kappa shape index (κ1) is 21.2. The molecule has 2 unspecified atom stereocenters. The van der Waals surface area contributed by atoms with Crippen LogP contribution in [0.3, 0.4) is 0 Å². The molecule has 4 fully saturated rings. The Bertz CT molecular complexity index is 1170. The number of benzene rings is 2. The van der Waals surface area contributed by atoms with E-state index in [1.165, 1.54) is 13.0 Å². The van der Waals surface area contributed by atoms with E-state index in [-0.39, 0.29) is 5.91 Å². The summed E-state index contributed by atoms with van der Waals surface area (Å²) in [6.07, 6.45) is 5.55. The molecule has 6 nitrogen and oxygen atoms in total. The highest BCUT2D eigenvalue weighted by molar-refractivity contribution is 5.94. The number of carbonyl (C=O) groups excluding carboxylic acids is 1. The van der Waals surface area contributed by atoms with Crippen molar-refractivity contribution < 1.29 is 14.3 Å². The van der Waals surface area contributed by atoms with Gasteiger partial charge in [0.1, 0.15) is 17.6 Å². The van der Waals surface area contributed by atoms with Crippen LogP contribution in [-0.2, 0) is 6.54 Å². The van der Waals surface area contributed by atoms with Gasteiger partial charge in [-0.1, -0.05) is 12.1 Å². The number of hydrogen-bond donors (Lipinski definition) is 1. The van der Waals surface area contributed by atoms with E-state index in [0.717, 1.165) is 59.2 Å². The van der Waals surface area contributed by atoms with Crippen LogP contribution in [0.2, 0.25) is 0 Å². The number of pyridine rings is 1. The molecule has 2 aromatic carbocycles. The minimum atomic E-state index is -0.141. The summed E-state index contributed by atoms with van der Waals surface area (Å²) in [6.45, 7) is 1.75. The van der Waals surface area contributed by atoms with Crippen LogP contribution < -0.4 is 14.8 Å². The van der Waals surface area contributed by atoms with Crippen molar-refractivity contribution in [3.63, 3.8) is 0 Å². The van der Waals surface area contributed by atoms with Gasteiger partial charge in [0, 0.05) is 43.4 Å². The van der Waals surface area contributed by atoms with E-state index in [9.17, 15) is 4.79 Å². The molecule has 1 N–H and O–H groups in total. The maximum absolute atomic E-state index is 12.7. The predicted molar refractivity (Wildman–Crippen MR) is 130 cm³/mol. The summed E-state index contributed by atoms with van der Waals surface area (Å²) in [4.78, 5) is 19.8. The number of amides is 1. The zero-order chi connectivity index (χ0) is 23.1. The van der Waals surface area contributed by atoms with Gasteiger partial charge in [-0.05, 0) is 72.9 Å². The van der Waals surface area contributed by atoms with E-state index >= 15 is 0 Å². The van der Waals surface area contributed by atoms with Gasteiger partial charge < -0.3 is 14.8 Å². The Morgan fingerprint density at radius 1 is 1.06 bits per heavy atom. The van der Waals surface area contributed by atoms with Gasteiger partial charge in [-0.3, -0.25) is 14.7 Å². The molecule has 7 rings (SSSR count). The fourth-order valence-corrected chi connectivity index (χ4v) is 5.79. The molecule has 6 heteroatoms. The van der Waals surface area contributed by atoms with Crippen molar-refractivity contribution >= 4 is 5.91 Å². The van der Waals surface area contributed by atoms with E-state index in [0.29, 0.717) is 18.2 Å². The fourth-order valence-electron chi connectivity index (χ4n) is 5.79. The third-order valence-electron chi connectivity index (χ3n) is 7.56. The Balaban J connectivity index is 1.04. The van der Waals surface area contributed by atoms with Crippen molar-refractivity contribution in [1.29, 1.82) is 0 Å². The Morgan fingerprint density at radius 2 is 1.94 bits per heavy atom. The molecule has 1 amide bonds. The standard InChI is InChI=1S/C28H29N3O3/c1-33-23-8-5-19(6-9-23)26-10-7-20(16-29-26)28(32)30-15-18-3-2-4-24(11-18)34-25-13-22-12-21-17-31(22)27(21)14-25/h2-11,16,21-22,25,27H,12-15,17H2,1H3,(H,30,32)/t21?,22-,25+,27-/m1/s1. The van der Waals surface area contributed by atoms with Gasteiger partial charge in [0.15, 0.2) is 0 Å². The number of hydrogen-bond acceptors (Lipinski definition) is 5. The SMILES string of the molecule is COc1ccc(-c2ccc(C(=O)NCc3cccc(O[C@H]4C[C@H]5CC6CN5[C@@H]6C4)c3)cn2)cc1. The molecule has 0 saturated carbocycles. The van der Waals surface area contributed by atoms with Gasteiger partial charge in [-0.15, -0.1) is 0 Å². The maximum Gasteiger partial charge on any atom is 0.253 e. The third kappa shape index (κ3) is 4.03. The molecule has 5 atom stereocenters. The largest absolute Gasteiger partial charge is 0.497 e. The van der Waals surface area contributed by atoms with E-state index < -0.39 is 0 Å². The second kappa shape index (κ2) is 8.76. The van der Waals surface area contributed by atoms with E-state index in [1.807, 2.05) is 54.6 Å². The highest BCUT2D eigenvalue weighted by Crippen LogP contribution is 2.48. The van der Waals surface area contributed by atoms with Gasteiger partial charge >= 0.3 is 0 Å². The van der Waals surface area contributed by atoms with E-state index in [2.05, 4.69) is 15.2 Å². The van der Waals surface area contributed by atoms with Gasteiger partial charge in [-0.2, -0.15) is 0 Å². The van der Waals surface area contributed by atoms with Gasteiger partial charge in [0.2, 0.25) is 0 Å². The van der Waals surface area contributed by atoms with Crippen molar-refractivity contribution in [3.05, 3.63) is 78.0 Å². The van der Waals surface area contributed by atoms with Crippen molar-refractivity contribution in [1.82, 2.24) is 15.2 Å². The maximum atomic E-state index is 12.7. The first-order valence-corrected chi connectivity index (χ1v) is 12.1. The van der Waals surface area contributed by atoms with Crippen LogP contribution in [0.5, 0.6) is 11.5 Å². The summed E-state index contributed by atoms with van der Waals surface area (Å²) in [6, 6.07) is 20.9. The highest BCUT2D eigenvalue weighted by Gasteiger charge is 2.55. The Labute approximate surface area is 199 Å². The summed E-state index contributed by atoms with van der Waals surface area (Å²) in [7, 11) is 1.64. The van der Waals surface area contributed by atoms with Crippen molar-refractivity contribution in [2.24, 2.45) is 5.92 Å². The van der Waals surface area contributed by atoms with Crippen LogP contribution >= 0.6 is 0 Å². The lowest BCUT2D eigenvalue weighted by Crippen LogP contribution is -2.55. The van der Waals surface area contributed by atoms with E-state index in [4.69, 9.17) is 9.47 Å². The minimum Gasteiger partial charge on any atom is -0.497 e. The molecule has 5 heterocycles. The van der Waals surface area contributed by atoms with Crippen LogP contribution in [0.15, 0.2) is 66.9 Å². The zero-order valence-corrected chi connectivity index (χ0v) is 19.3. The molecule has 4 aliphatic heterocycles. The number of rotatable bonds is 7. The Hall–Kier alpha value is -3.38. The predicted octanol–water partition coefficient (Wildman–Crippen LogP) is 4.30. The van der Waals surface area contributed by atoms with Gasteiger partial charge in [0.25, 0.3) is 5.91 Å². The Kier molecular flexibility index (Phi) is 5.46. The minimum absolute atomic E-state index is 0.141. The summed E-state index contributed by atoms with van der Waals surface area (Å²) < 4.78 is 11.5. The molecule has 4 saturated heterocycles. The molecular weight excluding hydrogens is 426 g/mol. The van der Waals surface area contributed by atoms with Crippen LogP contribution in [0, 0.1) is 5.92 Å². The lowest BCUT2D eigenvalue weighted by Gasteiger charge is -2.46. The molecular formula is C28H29N3O3. The average Bonchev–Trinajstić information content (AvgIpc) is 3.40. The zero-order valence-electron chi connectivity index (χ0n) is 19.3. The third-order valence-corrected chi connectivity index (χ3v) is 7.56. The summed E-state index contributed by atoms with van der Waals surface area (Å²) in [5.74, 6) is 2.46. The summed E-state index contributed by atoms with van der Waals surface area (Å²) >= 11 is 0. The van der Waals surface area contributed by atoms with Crippen LogP contribution in [0.4, 0.5) is 0 Å². The first-order chi connectivity index (χ1) is 16.7. The topological polar surface area (TPSA) is 63.7 Å². The molecule has 0 radical (unpaired) electrons. The van der Waals surface area contributed by atoms with Gasteiger partial charge in [0.05, 0.1) is 18.4 Å². The highest BCUT2D eigenvalue weighted by atomic mass is 16.5. The number of methoxy groups -OCH3 is 1. The Morgan fingerprint density at radius 3 is 2.71 bits per heavy atom. The number of piperidine rings is 1. The molecule has 1 aromatic heterocycles. The molecule has 0 spiro atoms. The quantitative estimate of drug-likeness (QED) is 0.576. The van der Waals surface area contributed by atoms with E-state index in [1.54, 1.807) is 19.4 Å². The molecule has 3 aromatic rings.